The van der Waals surface area contributed by atoms with E-state index < -0.39 is 0 Å². The summed E-state index contributed by atoms with van der Waals surface area (Å²) in [6, 6.07) is 0. The Morgan fingerprint density at radius 2 is 2.44 bits per heavy atom. The van der Waals surface area contributed by atoms with Crippen LogP contribution in [0.2, 0.25) is 0 Å². The molecule has 9 heavy (non-hydrogen) atoms. The first-order chi connectivity index (χ1) is 4.31. The first kappa shape index (κ1) is 9.59. The second-order valence-electron chi connectivity index (χ2n) is 1.25. The van der Waals surface area contributed by atoms with E-state index >= 15 is 0 Å². The molecule has 0 bridgehead atoms. The Morgan fingerprint density at radius 1 is 1.78 bits per heavy atom. The summed E-state index contributed by atoms with van der Waals surface area (Å²) in [7, 11) is 1.37. The Morgan fingerprint density at radius 3 is 2.89 bits per heavy atom. The average molecular weight is 262 g/mol. The van der Waals surface area contributed by atoms with Crippen LogP contribution < -0.4 is 0 Å². The molecule has 0 aromatic heterocycles. The van der Waals surface area contributed by atoms with Crippen molar-refractivity contribution in [1.29, 1.82) is 0 Å². The van der Waals surface area contributed by atoms with Crippen LogP contribution in [0.1, 0.15) is 6.42 Å². The van der Waals surface area contributed by atoms with Gasteiger partial charge in [0, 0.05) is 0 Å². The molecule has 1 atom stereocenters. The predicted octanol–water partition coefficient (Wildman–Crippen LogP) is 1.51. The number of halogens is 1. The number of hydrogen-bond donors (Lipinski definition) is 0. The van der Waals surface area contributed by atoms with Crippen molar-refractivity contribution < 1.29 is 14.1 Å². The Bertz CT molecular complexity index is 87.9. The first-order valence-corrected chi connectivity index (χ1v) is 6.37. The van der Waals surface area contributed by atoms with Gasteiger partial charge in [-0.25, -0.2) is 0 Å². The summed E-state index contributed by atoms with van der Waals surface area (Å²) in [6.45, 7) is 0.887. The zero-order chi connectivity index (χ0) is 7.11. The van der Waals surface area contributed by atoms with Gasteiger partial charge in [-0.3, -0.25) is 4.79 Å². The lowest BCUT2D eigenvalue weighted by Crippen LogP contribution is -2.02. The van der Waals surface area contributed by atoms with E-state index in [2.05, 4.69) is 26.8 Å². The average Bonchev–Trinajstić information content (AvgIpc) is 1.89. The van der Waals surface area contributed by atoms with Crippen LogP contribution in [0.25, 0.3) is 0 Å². The van der Waals surface area contributed by atoms with Crippen LogP contribution in [0.3, 0.4) is 0 Å². The summed E-state index contributed by atoms with van der Waals surface area (Å²) in [6.07, 6.45) is 0.354. The lowest BCUT2D eigenvalue weighted by Gasteiger charge is -1.96. The summed E-state index contributed by atoms with van der Waals surface area (Å²) < 4.78 is 9.30. The number of ether oxygens (including phenoxy) is 1. The number of hydrogen-bond acceptors (Lipinski definition) is 3. The molecule has 0 aliphatic rings. The first-order valence-electron chi connectivity index (χ1n) is 2.35. The zero-order valence-electron chi connectivity index (χ0n) is 5.02. The van der Waals surface area contributed by atoms with E-state index in [1.54, 1.807) is 0 Å². The molecule has 5 heteroatoms. The van der Waals surface area contributed by atoms with Crippen molar-refractivity contribution in [1.82, 2.24) is 0 Å². The van der Waals surface area contributed by atoms with E-state index in [1.807, 2.05) is 0 Å². The van der Waals surface area contributed by atoms with Gasteiger partial charge in [-0.1, -0.05) is 0 Å². The molecule has 0 N–H and O–H groups in total. The van der Waals surface area contributed by atoms with Crippen molar-refractivity contribution in [2.24, 2.45) is 0 Å². The molecule has 0 fully saturated rings. The van der Waals surface area contributed by atoms with Crippen LogP contribution in [0.15, 0.2) is 0 Å². The zero-order valence-corrected chi connectivity index (χ0v) is 8.17. The van der Waals surface area contributed by atoms with Gasteiger partial charge in [-0.2, -0.15) is 0 Å². The molecule has 0 radical (unpaired) electrons. The molecule has 0 aliphatic carbocycles. The molecule has 0 aliphatic heterocycles. The fourth-order valence-corrected chi connectivity index (χ4v) is 1.11. The molecule has 54 valence electrons. The number of esters is 1. The van der Waals surface area contributed by atoms with Crippen LogP contribution >= 0.6 is 28.5 Å². The number of methoxy groups -OCH3 is 1. The standard InChI is InChI=1S/C4H8IO3P/c1-7-4(6)2-3-8-9-5/h9H,2-3H2,1H3. The molecule has 0 heterocycles. The van der Waals surface area contributed by atoms with Crippen molar-refractivity contribution >= 4 is 34.5 Å². The minimum Gasteiger partial charge on any atom is -0.469 e. The quantitative estimate of drug-likeness (QED) is 0.333. The molecule has 3 nitrogen and oxygen atoms in total. The smallest absolute Gasteiger partial charge is 0.307 e. The molecule has 1 unspecified atom stereocenters. The second-order valence-corrected chi connectivity index (χ2v) is 3.02. The summed E-state index contributed by atoms with van der Waals surface area (Å²) in [5, 5.41) is 0. The number of rotatable bonds is 4. The monoisotopic (exact) mass is 262 g/mol. The Balaban J connectivity index is 2.97. The number of carbonyl (C=O) groups excluding carboxylic acids is 1. The largest absolute Gasteiger partial charge is 0.469 e. The highest BCUT2D eigenvalue weighted by atomic mass is 127. The van der Waals surface area contributed by atoms with Crippen LogP contribution in [0.4, 0.5) is 0 Å². The fraction of sp³-hybridized carbons (Fsp3) is 0.750. The highest BCUT2D eigenvalue weighted by Gasteiger charge is 1.97. The van der Waals surface area contributed by atoms with E-state index in [0.717, 1.165) is 0 Å². The Kier molecular flexibility index (Phi) is 7.15. The van der Waals surface area contributed by atoms with E-state index in [-0.39, 0.29) is 5.97 Å². The van der Waals surface area contributed by atoms with Crippen molar-refractivity contribution in [3.05, 3.63) is 0 Å². The molecular formula is C4H8IO3P. The third-order valence-electron chi connectivity index (χ3n) is 0.690. The molecule has 0 aromatic rings. The summed E-state index contributed by atoms with van der Waals surface area (Å²) in [5.74, 6) is -0.218. The molecule has 0 rings (SSSR count). The van der Waals surface area contributed by atoms with Crippen LogP contribution in [0, 0.1) is 0 Å². The third kappa shape index (κ3) is 6.48. The van der Waals surface area contributed by atoms with Crippen molar-refractivity contribution in [3.8, 4) is 0 Å². The van der Waals surface area contributed by atoms with Gasteiger partial charge in [0.25, 0.3) is 0 Å². The van der Waals surface area contributed by atoms with Crippen LogP contribution in [-0.2, 0) is 14.1 Å². The van der Waals surface area contributed by atoms with Gasteiger partial charge >= 0.3 is 5.97 Å². The van der Waals surface area contributed by atoms with E-state index in [4.69, 9.17) is 4.52 Å². The Labute approximate surface area is 68.8 Å². The van der Waals surface area contributed by atoms with E-state index in [0.29, 0.717) is 19.5 Å². The van der Waals surface area contributed by atoms with Crippen molar-refractivity contribution in [3.63, 3.8) is 0 Å². The maximum atomic E-state index is 10.4. The van der Waals surface area contributed by atoms with Crippen LogP contribution in [-0.4, -0.2) is 19.7 Å². The lowest BCUT2D eigenvalue weighted by molar-refractivity contribution is -0.141. The fourth-order valence-electron chi connectivity index (χ4n) is 0.275. The van der Waals surface area contributed by atoms with Gasteiger partial charge in [0.1, 0.15) is 0 Å². The molecule has 0 amide bonds. The topological polar surface area (TPSA) is 35.5 Å². The Hall–Kier alpha value is 0.590. The van der Waals surface area contributed by atoms with Crippen molar-refractivity contribution in [2.75, 3.05) is 13.7 Å². The van der Waals surface area contributed by atoms with Gasteiger partial charge in [-0.15, -0.1) is 0 Å². The van der Waals surface area contributed by atoms with Gasteiger partial charge in [0.15, 0.2) is 0 Å². The minimum absolute atomic E-state index is 0.218. The van der Waals surface area contributed by atoms with Crippen LogP contribution in [0.5, 0.6) is 0 Å². The van der Waals surface area contributed by atoms with Gasteiger partial charge in [0.05, 0.1) is 26.6 Å². The summed E-state index contributed by atoms with van der Waals surface area (Å²) >= 11 is 2.10. The molecule has 0 spiro atoms. The number of carbonyl (C=O) groups is 1. The normalized spacial score (nSPS) is 10.4. The highest BCUT2D eigenvalue weighted by molar-refractivity contribution is 14.2. The molecular weight excluding hydrogens is 254 g/mol. The summed E-state index contributed by atoms with van der Waals surface area (Å²) in [5.41, 5.74) is 0. The van der Waals surface area contributed by atoms with Gasteiger partial charge in [0.2, 0.25) is 0 Å². The SMILES string of the molecule is COC(=O)CCOPI. The van der Waals surface area contributed by atoms with E-state index in [9.17, 15) is 4.79 Å². The summed E-state index contributed by atoms with van der Waals surface area (Å²) in [4.78, 5) is 10.4. The lowest BCUT2D eigenvalue weighted by atomic mass is 10.5. The van der Waals surface area contributed by atoms with Gasteiger partial charge in [-0.05, 0) is 22.0 Å². The maximum Gasteiger partial charge on any atom is 0.307 e. The molecule has 0 saturated heterocycles. The molecule has 0 saturated carbocycles. The van der Waals surface area contributed by atoms with Crippen molar-refractivity contribution in [2.45, 2.75) is 6.42 Å². The second kappa shape index (κ2) is 6.71. The molecule has 0 aromatic carbocycles. The van der Waals surface area contributed by atoms with Gasteiger partial charge < -0.3 is 9.26 Å². The van der Waals surface area contributed by atoms with E-state index in [1.165, 1.54) is 7.11 Å². The minimum atomic E-state index is -0.218. The third-order valence-corrected chi connectivity index (χ3v) is 1.94. The highest BCUT2D eigenvalue weighted by Crippen LogP contribution is 2.21. The predicted molar refractivity (Wildman–Crippen MR) is 44.9 cm³/mol. The maximum absolute atomic E-state index is 10.4.